The summed E-state index contributed by atoms with van der Waals surface area (Å²) in [5, 5.41) is 9.13. The van der Waals surface area contributed by atoms with Crippen molar-refractivity contribution in [2.75, 3.05) is 0 Å². The number of aliphatic carboxylic acids is 1. The minimum absolute atomic E-state index is 0.374. The molecule has 0 aromatic rings. The third kappa shape index (κ3) is 3.19. The number of ether oxygens (including phenoxy) is 1. The van der Waals surface area contributed by atoms with Gasteiger partial charge in [0.15, 0.2) is 0 Å². The van der Waals surface area contributed by atoms with Crippen LogP contribution in [0, 0.1) is 5.92 Å². The molecular formula is C12H21NO4. The maximum Gasteiger partial charge on any atom is 0.327 e. The van der Waals surface area contributed by atoms with Gasteiger partial charge >= 0.3 is 11.9 Å². The SMILES string of the molecule is CC(C)(C)OC(=O)[C@@]1(N)CCCC[C@@H]1C(=O)O. The normalized spacial score (nSPS) is 29.8. The summed E-state index contributed by atoms with van der Waals surface area (Å²) in [5.74, 6) is -2.46. The summed E-state index contributed by atoms with van der Waals surface area (Å²) in [7, 11) is 0. The highest BCUT2D eigenvalue weighted by molar-refractivity contribution is 5.88. The molecule has 0 bridgehead atoms. The topological polar surface area (TPSA) is 89.6 Å². The Bertz CT molecular complexity index is 321. The highest BCUT2D eigenvalue weighted by atomic mass is 16.6. The fourth-order valence-electron chi connectivity index (χ4n) is 2.16. The van der Waals surface area contributed by atoms with Gasteiger partial charge in [-0.25, -0.2) is 0 Å². The Balaban J connectivity index is 2.89. The molecule has 0 spiro atoms. The van der Waals surface area contributed by atoms with Gasteiger partial charge in [0, 0.05) is 0 Å². The maximum atomic E-state index is 12.0. The van der Waals surface area contributed by atoms with Gasteiger partial charge in [0.25, 0.3) is 0 Å². The van der Waals surface area contributed by atoms with E-state index in [0.29, 0.717) is 12.8 Å². The molecule has 0 aromatic carbocycles. The number of carbonyl (C=O) groups is 2. The van der Waals surface area contributed by atoms with E-state index >= 15 is 0 Å². The zero-order chi connectivity index (χ0) is 13.3. The monoisotopic (exact) mass is 243 g/mol. The molecule has 0 aliphatic heterocycles. The summed E-state index contributed by atoms with van der Waals surface area (Å²) >= 11 is 0. The number of carboxylic acids is 1. The average Bonchev–Trinajstić information content (AvgIpc) is 2.15. The number of carbonyl (C=O) groups excluding carboxylic acids is 1. The fourth-order valence-corrected chi connectivity index (χ4v) is 2.16. The van der Waals surface area contributed by atoms with Crippen LogP contribution >= 0.6 is 0 Å². The molecular weight excluding hydrogens is 222 g/mol. The van der Waals surface area contributed by atoms with E-state index < -0.39 is 29.0 Å². The lowest BCUT2D eigenvalue weighted by molar-refractivity contribution is -0.170. The lowest BCUT2D eigenvalue weighted by Gasteiger charge is -2.38. The Morgan fingerprint density at radius 1 is 1.35 bits per heavy atom. The first kappa shape index (κ1) is 14.0. The standard InChI is InChI=1S/C12H21NO4/c1-11(2,3)17-10(16)12(13)7-5-4-6-8(12)9(14)15/h8H,4-7,13H2,1-3H3,(H,14,15)/t8-,12-/m1/s1. The number of esters is 1. The zero-order valence-electron chi connectivity index (χ0n) is 10.7. The van der Waals surface area contributed by atoms with E-state index in [2.05, 4.69) is 0 Å². The van der Waals surface area contributed by atoms with E-state index in [0.717, 1.165) is 12.8 Å². The molecule has 2 atom stereocenters. The zero-order valence-corrected chi connectivity index (χ0v) is 10.7. The maximum absolute atomic E-state index is 12.0. The van der Waals surface area contributed by atoms with Crippen LogP contribution in [0.4, 0.5) is 0 Å². The number of rotatable bonds is 2. The fraction of sp³-hybridized carbons (Fsp3) is 0.833. The molecule has 1 aliphatic rings. The molecule has 1 fully saturated rings. The van der Waals surface area contributed by atoms with E-state index in [1.807, 2.05) is 0 Å². The smallest absolute Gasteiger partial charge is 0.327 e. The molecule has 98 valence electrons. The van der Waals surface area contributed by atoms with Crippen LogP contribution in [0.5, 0.6) is 0 Å². The van der Waals surface area contributed by atoms with Crippen molar-refractivity contribution in [3.63, 3.8) is 0 Å². The van der Waals surface area contributed by atoms with Gasteiger partial charge in [0.2, 0.25) is 0 Å². The second kappa shape index (κ2) is 4.64. The van der Waals surface area contributed by atoms with Crippen molar-refractivity contribution >= 4 is 11.9 Å². The first-order chi connectivity index (χ1) is 7.67. The van der Waals surface area contributed by atoms with Gasteiger partial charge in [-0.2, -0.15) is 0 Å². The van der Waals surface area contributed by atoms with Crippen molar-refractivity contribution in [1.82, 2.24) is 0 Å². The predicted molar refractivity (Wildman–Crippen MR) is 62.4 cm³/mol. The molecule has 0 heterocycles. The van der Waals surface area contributed by atoms with Crippen LogP contribution in [0.25, 0.3) is 0 Å². The first-order valence-corrected chi connectivity index (χ1v) is 5.92. The minimum Gasteiger partial charge on any atom is -0.481 e. The molecule has 3 N–H and O–H groups in total. The Labute approximate surface area is 101 Å². The van der Waals surface area contributed by atoms with Crippen LogP contribution in [0.3, 0.4) is 0 Å². The summed E-state index contributed by atoms with van der Waals surface area (Å²) in [6, 6.07) is 0. The Kier molecular flexibility index (Phi) is 3.81. The lowest BCUT2D eigenvalue weighted by Crippen LogP contribution is -2.59. The Morgan fingerprint density at radius 3 is 2.41 bits per heavy atom. The molecule has 5 nitrogen and oxygen atoms in total. The third-order valence-electron chi connectivity index (χ3n) is 3.03. The summed E-state index contributed by atoms with van der Waals surface area (Å²) in [5.41, 5.74) is 3.97. The van der Waals surface area contributed by atoms with E-state index in [-0.39, 0.29) is 0 Å². The highest BCUT2D eigenvalue weighted by Crippen LogP contribution is 2.34. The second-order valence-corrected chi connectivity index (χ2v) is 5.68. The van der Waals surface area contributed by atoms with Crippen molar-refractivity contribution < 1.29 is 19.4 Å². The van der Waals surface area contributed by atoms with Crippen molar-refractivity contribution in [3.05, 3.63) is 0 Å². The number of hydrogen-bond donors (Lipinski definition) is 2. The van der Waals surface area contributed by atoms with E-state index in [1.54, 1.807) is 20.8 Å². The van der Waals surface area contributed by atoms with Gasteiger partial charge in [0.05, 0.1) is 5.92 Å². The average molecular weight is 243 g/mol. The van der Waals surface area contributed by atoms with Gasteiger partial charge < -0.3 is 15.6 Å². The molecule has 17 heavy (non-hydrogen) atoms. The molecule has 0 saturated heterocycles. The van der Waals surface area contributed by atoms with Crippen LogP contribution in [-0.2, 0) is 14.3 Å². The van der Waals surface area contributed by atoms with E-state index in [9.17, 15) is 9.59 Å². The van der Waals surface area contributed by atoms with Crippen molar-refractivity contribution in [2.45, 2.75) is 57.6 Å². The molecule has 1 aliphatic carbocycles. The number of carboxylic acid groups (broad SMARTS) is 1. The molecule has 0 amide bonds. The van der Waals surface area contributed by atoms with Crippen LogP contribution < -0.4 is 5.73 Å². The molecule has 5 heteroatoms. The summed E-state index contributed by atoms with van der Waals surface area (Å²) in [6.45, 7) is 5.23. The van der Waals surface area contributed by atoms with Gasteiger partial charge in [0.1, 0.15) is 11.1 Å². The molecule has 1 saturated carbocycles. The highest BCUT2D eigenvalue weighted by Gasteiger charge is 2.49. The van der Waals surface area contributed by atoms with Crippen LogP contribution in [0.2, 0.25) is 0 Å². The molecule has 1 rings (SSSR count). The van der Waals surface area contributed by atoms with Crippen LogP contribution in [-0.4, -0.2) is 28.2 Å². The van der Waals surface area contributed by atoms with Gasteiger partial charge in [-0.1, -0.05) is 12.8 Å². The van der Waals surface area contributed by atoms with E-state index in [4.69, 9.17) is 15.6 Å². The van der Waals surface area contributed by atoms with Gasteiger partial charge in [-0.15, -0.1) is 0 Å². The quantitative estimate of drug-likeness (QED) is 0.713. The predicted octanol–water partition coefficient (Wildman–Crippen LogP) is 1.30. The van der Waals surface area contributed by atoms with Gasteiger partial charge in [-0.3, -0.25) is 9.59 Å². The Hall–Kier alpha value is -1.10. The van der Waals surface area contributed by atoms with Crippen LogP contribution in [0.15, 0.2) is 0 Å². The van der Waals surface area contributed by atoms with Crippen molar-refractivity contribution in [1.29, 1.82) is 0 Å². The minimum atomic E-state index is -1.38. The largest absolute Gasteiger partial charge is 0.481 e. The third-order valence-corrected chi connectivity index (χ3v) is 3.03. The molecule has 0 unspecified atom stereocenters. The van der Waals surface area contributed by atoms with Crippen molar-refractivity contribution in [2.24, 2.45) is 11.7 Å². The van der Waals surface area contributed by atoms with Crippen LogP contribution in [0.1, 0.15) is 46.5 Å². The Morgan fingerprint density at radius 2 is 1.94 bits per heavy atom. The summed E-state index contributed by atoms with van der Waals surface area (Å²) < 4.78 is 5.23. The summed E-state index contributed by atoms with van der Waals surface area (Å²) in [4.78, 5) is 23.2. The van der Waals surface area contributed by atoms with Gasteiger partial charge in [-0.05, 0) is 33.6 Å². The number of nitrogens with two attached hydrogens (primary N) is 1. The molecule has 0 radical (unpaired) electrons. The van der Waals surface area contributed by atoms with E-state index in [1.165, 1.54) is 0 Å². The number of hydrogen-bond acceptors (Lipinski definition) is 4. The lowest BCUT2D eigenvalue weighted by atomic mass is 9.73. The van der Waals surface area contributed by atoms with Crippen molar-refractivity contribution in [3.8, 4) is 0 Å². The summed E-state index contributed by atoms with van der Waals surface area (Å²) in [6.07, 6.45) is 2.36. The second-order valence-electron chi connectivity index (χ2n) is 5.68. The first-order valence-electron chi connectivity index (χ1n) is 5.92. The molecule has 0 aromatic heterocycles.